The zero-order valence-electron chi connectivity index (χ0n) is 8.65. The molecule has 1 saturated heterocycles. The topological polar surface area (TPSA) is 32.3 Å². The number of nitrogens with one attached hydrogen (secondary N) is 1. The van der Waals surface area contributed by atoms with E-state index in [0.29, 0.717) is 5.11 Å². The number of nitrogens with zero attached hydrogens (tertiary/aromatic N) is 1. The molecule has 1 heterocycles. The minimum Gasteiger partial charge on any atom is -0.350 e. The lowest BCUT2D eigenvalue weighted by Gasteiger charge is -2.14. The standard InChI is InChI=1S/C11H12N2OS/c1-7-3-5-9(6-4-7)13-10(14)8(2)12-11(13)15/h3-6,8H,1-2H3,(H,12,15)/t8-/m0/s1. The Morgan fingerprint density at radius 1 is 1.33 bits per heavy atom. The summed E-state index contributed by atoms with van der Waals surface area (Å²) in [6, 6.07) is 7.51. The molecule has 0 aliphatic carbocycles. The number of thiocarbonyl (C=S) groups is 1. The fourth-order valence-electron chi connectivity index (χ4n) is 1.54. The van der Waals surface area contributed by atoms with Crippen LogP contribution in [0.15, 0.2) is 24.3 Å². The van der Waals surface area contributed by atoms with Crippen molar-refractivity contribution in [2.75, 3.05) is 4.90 Å². The van der Waals surface area contributed by atoms with Gasteiger partial charge in [-0.2, -0.15) is 0 Å². The maximum absolute atomic E-state index is 11.8. The largest absolute Gasteiger partial charge is 0.350 e. The van der Waals surface area contributed by atoms with Gasteiger partial charge in [0.1, 0.15) is 6.04 Å². The SMILES string of the molecule is Cc1ccc(N2C(=O)[C@H](C)NC2=S)cc1. The second-order valence-electron chi connectivity index (χ2n) is 3.68. The van der Waals surface area contributed by atoms with Crippen molar-refractivity contribution in [1.29, 1.82) is 0 Å². The van der Waals surface area contributed by atoms with E-state index in [0.717, 1.165) is 11.3 Å². The highest BCUT2D eigenvalue weighted by molar-refractivity contribution is 7.80. The molecule has 1 aliphatic heterocycles. The van der Waals surface area contributed by atoms with Gasteiger partial charge in [0.25, 0.3) is 5.91 Å². The Balaban J connectivity index is 2.35. The molecule has 1 amide bonds. The molecular formula is C11H12N2OS. The average molecular weight is 220 g/mol. The van der Waals surface area contributed by atoms with Gasteiger partial charge in [0.2, 0.25) is 0 Å². The lowest BCUT2D eigenvalue weighted by molar-refractivity contribution is -0.117. The Morgan fingerprint density at radius 3 is 2.40 bits per heavy atom. The third-order valence-corrected chi connectivity index (χ3v) is 2.73. The smallest absolute Gasteiger partial charge is 0.255 e. The lowest BCUT2D eigenvalue weighted by atomic mass is 10.2. The molecule has 3 nitrogen and oxygen atoms in total. The summed E-state index contributed by atoms with van der Waals surface area (Å²) >= 11 is 5.10. The maximum atomic E-state index is 11.8. The number of amides is 1. The summed E-state index contributed by atoms with van der Waals surface area (Å²) < 4.78 is 0. The fraction of sp³-hybridized carbons (Fsp3) is 0.273. The van der Waals surface area contributed by atoms with Crippen molar-refractivity contribution in [2.45, 2.75) is 19.9 Å². The predicted molar refractivity (Wildman–Crippen MR) is 63.9 cm³/mol. The molecule has 1 aromatic rings. The maximum Gasteiger partial charge on any atom is 0.255 e. The van der Waals surface area contributed by atoms with Gasteiger partial charge < -0.3 is 5.32 Å². The van der Waals surface area contributed by atoms with Gasteiger partial charge in [-0.25, -0.2) is 0 Å². The second kappa shape index (κ2) is 3.62. The van der Waals surface area contributed by atoms with Crippen LogP contribution in [0, 0.1) is 6.92 Å². The van der Waals surface area contributed by atoms with Crippen molar-refractivity contribution >= 4 is 28.9 Å². The van der Waals surface area contributed by atoms with Crippen molar-refractivity contribution in [1.82, 2.24) is 5.32 Å². The Morgan fingerprint density at radius 2 is 1.93 bits per heavy atom. The van der Waals surface area contributed by atoms with Crippen LogP contribution in [-0.4, -0.2) is 17.1 Å². The van der Waals surface area contributed by atoms with Crippen LogP contribution in [0.4, 0.5) is 5.69 Å². The molecule has 0 aromatic heterocycles. The van der Waals surface area contributed by atoms with Crippen LogP contribution in [0.25, 0.3) is 0 Å². The molecule has 78 valence electrons. The van der Waals surface area contributed by atoms with E-state index in [1.807, 2.05) is 38.1 Å². The number of hydrogen-bond acceptors (Lipinski definition) is 2. The molecule has 0 radical (unpaired) electrons. The van der Waals surface area contributed by atoms with Crippen molar-refractivity contribution in [2.24, 2.45) is 0 Å². The monoisotopic (exact) mass is 220 g/mol. The number of carbonyl (C=O) groups is 1. The van der Waals surface area contributed by atoms with E-state index in [-0.39, 0.29) is 11.9 Å². The van der Waals surface area contributed by atoms with Gasteiger partial charge in [0.05, 0.1) is 5.69 Å². The molecule has 0 saturated carbocycles. The molecule has 2 rings (SSSR count). The fourth-order valence-corrected chi connectivity index (χ4v) is 1.92. The first-order chi connectivity index (χ1) is 7.09. The molecule has 4 heteroatoms. The van der Waals surface area contributed by atoms with Crippen LogP contribution in [0.1, 0.15) is 12.5 Å². The summed E-state index contributed by atoms with van der Waals surface area (Å²) in [7, 11) is 0. The van der Waals surface area contributed by atoms with E-state index in [9.17, 15) is 4.79 Å². The molecule has 0 bridgehead atoms. The molecule has 0 spiro atoms. The highest BCUT2D eigenvalue weighted by atomic mass is 32.1. The second-order valence-corrected chi connectivity index (χ2v) is 4.07. The van der Waals surface area contributed by atoms with Crippen LogP contribution < -0.4 is 10.2 Å². The Bertz CT molecular complexity index is 413. The summed E-state index contributed by atoms with van der Waals surface area (Å²) in [5, 5.41) is 3.42. The van der Waals surface area contributed by atoms with Gasteiger partial charge in [0.15, 0.2) is 5.11 Å². The number of carbonyl (C=O) groups excluding carboxylic acids is 1. The van der Waals surface area contributed by atoms with Gasteiger partial charge >= 0.3 is 0 Å². The number of anilines is 1. The van der Waals surface area contributed by atoms with E-state index < -0.39 is 0 Å². The summed E-state index contributed by atoms with van der Waals surface area (Å²) in [5.74, 6) is 0.00357. The molecule has 1 N–H and O–H groups in total. The third-order valence-electron chi connectivity index (χ3n) is 2.43. The van der Waals surface area contributed by atoms with Crippen molar-refractivity contribution in [3.63, 3.8) is 0 Å². The average Bonchev–Trinajstić information content (AvgIpc) is 2.44. The first kappa shape index (κ1) is 10.1. The summed E-state index contributed by atoms with van der Waals surface area (Å²) in [5.41, 5.74) is 1.99. The number of rotatable bonds is 1. The highest BCUT2D eigenvalue weighted by Crippen LogP contribution is 2.19. The van der Waals surface area contributed by atoms with Crippen molar-refractivity contribution < 1.29 is 4.79 Å². The molecule has 15 heavy (non-hydrogen) atoms. The van der Waals surface area contributed by atoms with E-state index in [1.165, 1.54) is 0 Å². The minimum atomic E-state index is -0.223. The summed E-state index contributed by atoms with van der Waals surface area (Å²) in [6.07, 6.45) is 0. The Kier molecular flexibility index (Phi) is 2.44. The zero-order valence-corrected chi connectivity index (χ0v) is 9.47. The number of benzene rings is 1. The van der Waals surface area contributed by atoms with Crippen molar-refractivity contribution in [3.05, 3.63) is 29.8 Å². The predicted octanol–water partition coefficient (Wildman–Crippen LogP) is 1.60. The van der Waals surface area contributed by atoms with Crippen LogP contribution in [0.5, 0.6) is 0 Å². The molecule has 1 aliphatic rings. The van der Waals surface area contributed by atoms with E-state index in [1.54, 1.807) is 4.90 Å². The summed E-state index contributed by atoms with van der Waals surface area (Å²) in [4.78, 5) is 13.3. The van der Waals surface area contributed by atoms with Crippen LogP contribution in [0.2, 0.25) is 0 Å². The van der Waals surface area contributed by atoms with Gasteiger partial charge in [-0.05, 0) is 38.2 Å². The quantitative estimate of drug-likeness (QED) is 0.730. The first-order valence-corrected chi connectivity index (χ1v) is 5.21. The number of aryl methyl sites for hydroxylation is 1. The van der Waals surface area contributed by atoms with Crippen LogP contribution in [-0.2, 0) is 4.79 Å². The first-order valence-electron chi connectivity index (χ1n) is 4.81. The van der Waals surface area contributed by atoms with E-state index in [4.69, 9.17) is 12.2 Å². The molecule has 1 atom stereocenters. The number of hydrogen-bond donors (Lipinski definition) is 1. The molecule has 0 unspecified atom stereocenters. The Labute approximate surface area is 94.1 Å². The minimum absolute atomic E-state index is 0.00357. The van der Waals surface area contributed by atoms with E-state index >= 15 is 0 Å². The van der Waals surface area contributed by atoms with Gasteiger partial charge in [0, 0.05) is 0 Å². The van der Waals surface area contributed by atoms with Gasteiger partial charge in [-0.1, -0.05) is 17.7 Å². The third kappa shape index (κ3) is 1.72. The molecule has 1 fully saturated rings. The van der Waals surface area contributed by atoms with E-state index in [2.05, 4.69) is 5.32 Å². The Hall–Kier alpha value is -1.42. The lowest BCUT2D eigenvalue weighted by Crippen LogP contribution is -2.30. The molecular weight excluding hydrogens is 208 g/mol. The van der Waals surface area contributed by atoms with Crippen molar-refractivity contribution in [3.8, 4) is 0 Å². The van der Waals surface area contributed by atoms with Gasteiger partial charge in [-0.15, -0.1) is 0 Å². The van der Waals surface area contributed by atoms with Crippen LogP contribution >= 0.6 is 12.2 Å². The summed E-state index contributed by atoms with van der Waals surface area (Å²) in [6.45, 7) is 3.82. The zero-order chi connectivity index (χ0) is 11.0. The van der Waals surface area contributed by atoms with Crippen LogP contribution in [0.3, 0.4) is 0 Å². The normalized spacial score (nSPS) is 20.7. The highest BCUT2D eigenvalue weighted by Gasteiger charge is 2.32. The van der Waals surface area contributed by atoms with Gasteiger partial charge in [-0.3, -0.25) is 9.69 Å². The molecule has 1 aromatic carbocycles.